The van der Waals surface area contributed by atoms with Gasteiger partial charge in [-0.1, -0.05) is 12.1 Å². The first kappa shape index (κ1) is 11.4. The molecule has 2 rings (SSSR count). The third kappa shape index (κ3) is 2.74. The minimum Gasteiger partial charge on any atom is -0.496 e. The van der Waals surface area contributed by atoms with Gasteiger partial charge >= 0.3 is 0 Å². The van der Waals surface area contributed by atoms with Gasteiger partial charge in [-0.2, -0.15) is 0 Å². The van der Waals surface area contributed by atoms with Crippen LogP contribution >= 0.6 is 0 Å². The molecule has 16 heavy (non-hydrogen) atoms. The fraction of sp³-hybridized carbons (Fsp3) is 0.538. The third-order valence-corrected chi connectivity index (χ3v) is 2.94. The Hall–Kier alpha value is -1.06. The van der Waals surface area contributed by atoms with E-state index in [1.165, 1.54) is 11.1 Å². The van der Waals surface area contributed by atoms with Crippen LogP contribution < -0.4 is 10.1 Å². The lowest BCUT2D eigenvalue weighted by Gasteiger charge is -2.24. The Kier molecular flexibility index (Phi) is 3.80. The summed E-state index contributed by atoms with van der Waals surface area (Å²) in [6, 6.07) is 6.80. The molecule has 0 saturated carbocycles. The van der Waals surface area contributed by atoms with Crippen LogP contribution in [0.2, 0.25) is 0 Å². The Morgan fingerprint density at radius 1 is 1.50 bits per heavy atom. The molecular weight excluding hydrogens is 202 g/mol. The highest BCUT2D eigenvalue weighted by molar-refractivity contribution is 5.36. The summed E-state index contributed by atoms with van der Waals surface area (Å²) in [5, 5.41) is 3.46. The van der Waals surface area contributed by atoms with Crippen molar-refractivity contribution in [2.24, 2.45) is 0 Å². The maximum atomic E-state index is 5.44. The molecule has 1 aromatic rings. The zero-order valence-electron chi connectivity index (χ0n) is 9.95. The molecule has 0 aliphatic carbocycles. The molecule has 0 bridgehead atoms. The molecule has 1 fully saturated rings. The number of nitrogens with one attached hydrogen (secondary N) is 1. The fourth-order valence-corrected chi connectivity index (χ4v) is 2.10. The van der Waals surface area contributed by atoms with E-state index in [0.29, 0.717) is 6.04 Å². The van der Waals surface area contributed by atoms with Crippen molar-refractivity contribution >= 4 is 0 Å². The lowest BCUT2D eigenvalue weighted by Crippen LogP contribution is -2.42. The molecule has 1 heterocycles. The summed E-state index contributed by atoms with van der Waals surface area (Å²) >= 11 is 0. The topological polar surface area (TPSA) is 30.5 Å². The largest absolute Gasteiger partial charge is 0.496 e. The first-order chi connectivity index (χ1) is 7.79. The molecule has 3 heteroatoms. The number of benzene rings is 1. The lowest BCUT2D eigenvalue weighted by molar-refractivity contribution is 0.0770. The second kappa shape index (κ2) is 5.32. The number of hydrogen-bond donors (Lipinski definition) is 1. The second-order valence-electron chi connectivity index (χ2n) is 4.23. The summed E-state index contributed by atoms with van der Waals surface area (Å²) in [5.74, 6) is 0.955. The molecule has 1 atom stereocenters. The molecule has 0 spiro atoms. The van der Waals surface area contributed by atoms with Gasteiger partial charge in [-0.15, -0.1) is 0 Å². The van der Waals surface area contributed by atoms with E-state index in [1.54, 1.807) is 7.11 Å². The van der Waals surface area contributed by atoms with Crippen molar-refractivity contribution in [1.82, 2.24) is 5.32 Å². The minimum absolute atomic E-state index is 0.446. The van der Waals surface area contributed by atoms with E-state index in [0.717, 1.165) is 31.9 Å². The van der Waals surface area contributed by atoms with E-state index < -0.39 is 0 Å². The van der Waals surface area contributed by atoms with Crippen molar-refractivity contribution in [1.29, 1.82) is 0 Å². The first-order valence-corrected chi connectivity index (χ1v) is 5.74. The smallest absolute Gasteiger partial charge is 0.121 e. The molecule has 0 amide bonds. The average Bonchev–Trinajstić information content (AvgIpc) is 2.31. The summed E-state index contributed by atoms with van der Waals surface area (Å²) in [6.45, 7) is 4.68. The van der Waals surface area contributed by atoms with Crippen molar-refractivity contribution in [2.45, 2.75) is 19.4 Å². The van der Waals surface area contributed by atoms with Crippen molar-refractivity contribution < 1.29 is 9.47 Å². The molecule has 1 aliphatic heterocycles. The fourth-order valence-electron chi connectivity index (χ4n) is 2.10. The molecule has 88 valence electrons. The monoisotopic (exact) mass is 221 g/mol. The van der Waals surface area contributed by atoms with Gasteiger partial charge in [0, 0.05) is 12.6 Å². The zero-order valence-corrected chi connectivity index (χ0v) is 9.95. The second-order valence-corrected chi connectivity index (χ2v) is 4.23. The van der Waals surface area contributed by atoms with E-state index in [4.69, 9.17) is 9.47 Å². The molecule has 1 N–H and O–H groups in total. The Bertz CT molecular complexity index is 346. The summed E-state index contributed by atoms with van der Waals surface area (Å²) in [6.07, 6.45) is 1.02. The minimum atomic E-state index is 0.446. The van der Waals surface area contributed by atoms with Crippen LogP contribution in [-0.4, -0.2) is 32.9 Å². The van der Waals surface area contributed by atoms with E-state index in [1.807, 2.05) is 6.07 Å². The van der Waals surface area contributed by atoms with E-state index in [-0.39, 0.29) is 0 Å². The van der Waals surface area contributed by atoms with Gasteiger partial charge in [0.25, 0.3) is 0 Å². The number of methoxy groups -OCH3 is 1. The summed E-state index contributed by atoms with van der Waals surface area (Å²) in [7, 11) is 1.71. The number of aryl methyl sites for hydroxylation is 1. The van der Waals surface area contributed by atoms with Crippen molar-refractivity contribution in [3.63, 3.8) is 0 Å². The van der Waals surface area contributed by atoms with Crippen molar-refractivity contribution in [3.05, 3.63) is 29.3 Å². The van der Waals surface area contributed by atoms with Gasteiger partial charge in [-0.25, -0.2) is 0 Å². The Morgan fingerprint density at radius 3 is 3.00 bits per heavy atom. The molecular formula is C13H19NO2. The number of ether oxygens (including phenoxy) is 2. The zero-order chi connectivity index (χ0) is 11.4. The number of hydrogen-bond acceptors (Lipinski definition) is 3. The summed E-state index contributed by atoms with van der Waals surface area (Å²) in [4.78, 5) is 0. The predicted molar refractivity (Wildman–Crippen MR) is 64.0 cm³/mol. The molecule has 0 radical (unpaired) electrons. The van der Waals surface area contributed by atoms with Gasteiger partial charge in [0.15, 0.2) is 0 Å². The summed E-state index contributed by atoms with van der Waals surface area (Å²) < 4.78 is 10.7. The van der Waals surface area contributed by atoms with E-state index in [9.17, 15) is 0 Å². The maximum absolute atomic E-state index is 5.44. The maximum Gasteiger partial charge on any atom is 0.121 e. The van der Waals surface area contributed by atoms with Crippen LogP contribution in [0, 0.1) is 6.92 Å². The van der Waals surface area contributed by atoms with Crippen LogP contribution in [-0.2, 0) is 11.2 Å². The molecule has 1 saturated heterocycles. The van der Waals surface area contributed by atoms with Gasteiger partial charge in [-0.3, -0.25) is 0 Å². The lowest BCUT2D eigenvalue weighted by atomic mass is 10.0. The standard InChI is InChI=1S/C13H19NO2/c1-10-7-11(3-4-13(10)15-2)8-12-9-16-6-5-14-12/h3-4,7,12,14H,5-6,8-9H2,1-2H3. The van der Waals surface area contributed by atoms with Gasteiger partial charge in [-0.05, 0) is 30.5 Å². The van der Waals surface area contributed by atoms with Crippen LogP contribution in [0.1, 0.15) is 11.1 Å². The van der Waals surface area contributed by atoms with Crippen LogP contribution in [0.4, 0.5) is 0 Å². The Morgan fingerprint density at radius 2 is 2.38 bits per heavy atom. The third-order valence-electron chi connectivity index (χ3n) is 2.94. The number of rotatable bonds is 3. The highest BCUT2D eigenvalue weighted by Gasteiger charge is 2.13. The molecule has 1 unspecified atom stereocenters. The van der Waals surface area contributed by atoms with Gasteiger partial charge < -0.3 is 14.8 Å². The molecule has 0 aromatic heterocycles. The average molecular weight is 221 g/mol. The van der Waals surface area contributed by atoms with Crippen LogP contribution in [0.15, 0.2) is 18.2 Å². The quantitative estimate of drug-likeness (QED) is 0.839. The molecule has 3 nitrogen and oxygen atoms in total. The van der Waals surface area contributed by atoms with Crippen molar-refractivity contribution in [2.75, 3.05) is 26.9 Å². The first-order valence-electron chi connectivity index (χ1n) is 5.74. The van der Waals surface area contributed by atoms with Crippen molar-refractivity contribution in [3.8, 4) is 5.75 Å². The van der Waals surface area contributed by atoms with E-state index >= 15 is 0 Å². The van der Waals surface area contributed by atoms with Gasteiger partial charge in [0.1, 0.15) is 5.75 Å². The molecule has 1 aromatic carbocycles. The molecule has 1 aliphatic rings. The SMILES string of the molecule is COc1ccc(CC2COCCN2)cc1C. The van der Waals surface area contributed by atoms with Crippen LogP contribution in [0.25, 0.3) is 0 Å². The van der Waals surface area contributed by atoms with Gasteiger partial charge in [0.2, 0.25) is 0 Å². The van der Waals surface area contributed by atoms with Gasteiger partial charge in [0.05, 0.1) is 20.3 Å². The predicted octanol–water partition coefficient (Wildman–Crippen LogP) is 1.53. The normalized spacial score (nSPS) is 20.8. The van der Waals surface area contributed by atoms with Crippen LogP contribution in [0.3, 0.4) is 0 Å². The van der Waals surface area contributed by atoms with Crippen LogP contribution in [0.5, 0.6) is 5.75 Å². The highest BCUT2D eigenvalue weighted by atomic mass is 16.5. The Balaban J connectivity index is 2.01. The summed E-state index contributed by atoms with van der Waals surface area (Å²) in [5.41, 5.74) is 2.53. The Labute approximate surface area is 96.8 Å². The number of morpholine rings is 1. The van der Waals surface area contributed by atoms with E-state index in [2.05, 4.69) is 24.4 Å². The highest BCUT2D eigenvalue weighted by Crippen LogP contribution is 2.19.